The Morgan fingerprint density at radius 2 is 1.76 bits per heavy atom. The minimum Gasteiger partial charge on any atom is -0.465 e. The van der Waals surface area contributed by atoms with E-state index in [1.807, 2.05) is 0 Å². The molecule has 0 aromatic heterocycles. The lowest BCUT2D eigenvalue weighted by Gasteiger charge is -2.17. The quantitative estimate of drug-likeness (QED) is 0.621. The fraction of sp³-hybridized carbons (Fsp3) is 0.273. The second-order valence-electron chi connectivity index (χ2n) is 3.55. The SMILES string of the molecule is COC(=O)c1cc(C#N)c(C(F)(F)F)c(OC(F)(F)F)c1. The maximum Gasteiger partial charge on any atom is 0.573 e. The van der Waals surface area contributed by atoms with Crippen LogP contribution in [0.1, 0.15) is 21.5 Å². The zero-order chi connectivity index (χ0) is 16.4. The van der Waals surface area contributed by atoms with Gasteiger partial charge in [-0.2, -0.15) is 18.4 Å². The number of nitrogens with zero attached hydrogens (tertiary/aromatic N) is 1. The van der Waals surface area contributed by atoms with E-state index in [1.165, 1.54) is 0 Å². The monoisotopic (exact) mass is 313 g/mol. The molecule has 0 heterocycles. The van der Waals surface area contributed by atoms with E-state index in [2.05, 4.69) is 9.47 Å². The van der Waals surface area contributed by atoms with Crippen molar-refractivity contribution in [2.24, 2.45) is 0 Å². The minimum atomic E-state index is -5.43. The molecule has 114 valence electrons. The summed E-state index contributed by atoms with van der Waals surface area (Å²) in [5, 5.41) is 8.64. The van der Waals surface area contributed by atoms with E-state index in [9.17, 15) is 31.1 Å². The average Bonchev–Trinajstić information content (AvgIpc) is 2.33. The maximum atomic E-state index is 12.8. The summed E-state index contributed by atoms with van der Waals surface area (Å²) in [6, 6.07) is 1.75. The van der Waals surface area contributed by atoms with Crippen LogP contribution in [-0.4, -0.2) is 19.4 Å². The fourth-order valence-corrected chi connectivity index (χ4v) is 1.44. The van der Waals surface area contributed by atoms with Crippen molar-refractivity contribution in [3.05, 3.63) is 28.8 Å². The van der Waals surface area contributed by atoms with E-state index in [4.69, 9.17) is 5.26 Å². The second-order valence-corrected chi connectivity index (χ2v) is 3.55. The van der Waals surface area contributed by atoms with Crippen LogP contribution in [0, 0.1) is 11.3 Å². The van der Waals surface area contributed by atoms with E-state index >= 15 is 0 Å². The molecule has 0 amide bonds. The van der Waals surface area contributed by atoms with Gasteiger partial charge in [-0.1, -0.05) is 0 Å². The van der Waals surface area contributed by atoms with Crippen molar-refractivity contribution < 1.29 is 40.6 Å². The first-order valence-electron chi connectivity index (χ1n) is 4.99. The van der Waals surface area contributed by atoms with Crippen molar-refractivity contribution in [3.63, 3.8) is 0 Å². The third-order valence-electron chi connectivity index (χ3n) is 2.15. The first kappa shape index (κ1) is 16.6. The number of rotatable bonds is 2. The molecular weight excluding hydrogens is 308 g/mol. The number of ether oxygens (including phenoxy) is 2. The summed E-state index contributed by atoms with van der Waals surface area (Å²) in [7, 11) is 0.871. The van der Waals surface area contributed by atoms with Crippen LogP contribution in [0.5, 0.6) is 5.75 Å². The lowest BCUT2D eigenvalue weighted by molar-refractivity contribution is -0.276. The number of carbonyl (C=O) groups is 1. The largest absolute Gasteiger partial charge is 0.573 e. The predicted octanol–water partition coefficient (Wildman–Crippen LogP) is 3.26. The summed E-state index contributed by atoms with van der Waals surface area (Å²) in [6.45, 7) is 0. The van der Waals surface area contributed by atoms with Crippen LogP contribution in [-0.2, 0) is 10.9 Å². The lowest BCUT2D eigenvalue weighted by Crippen LogP contribution is -2.21. The van der Waals surface area contributed by atoms with Gasteiger partial charge in [-0.3, -0.25) is 0 Å². The minimum absolute atomic E-state index is 0.211. The number of carbonyl (C=O) groups excluding carboxylic acids is 1. The van der Waals surface area contributed by atoms with E-state index in [0.29, 0.717) is 6.07 Å². The van der Waals surface area contributed by atoms with Gasteiger partial charge in [0.25, 0.3) is 0 Å². The first-order valence-corrected chi connectivity index (χ1v) is 4.99. The smallest absolute Gasteiger partial charge is 0.465 e. The molecule has 0 unspecified atom stereocenters. The van der Waals surface area contributed by atoms with Gasteiger partial charge in [0, 0.05) is 0 Å². The van der Waals surface area contributed by atoms with Gasteiger partial charge < -0.3 is 9.47 Å². The zero-order valence-electron chi connectivity index (χ0n) is 10.1. The molecule has 0 saturated heterocycles. The Balaban J connectivity index is 3.62. The second kappa shape index (κ2) is 5.51. The molecule has 0 N–H and O–H groups in total. The Hall–Kier alpha value is -2.44. The number of alkyl halides is 6. The van der Waals surface area contributed by atoms with Gasteiger partial charge in [-0.25, -0.2) is 4.79 Å². The Labute approximate surface area is 113 Å². The molecule has 0 saturated carbocycles. The van der Waals surface area contributed by atoms with Gasteiger partial charge in [0.2, 0.25) is 0 Å². The number of nitriles is 1. The number of methoxy groups -OCH3 is 1. The van der Waals surface area contributed by atoms with Gasteiger partial charge in [0.15, 0.2) is 0 Å². The summed E-state index contributed by atoms with van der Waals surface area (Å²) in [5.41, 5.74) is -3.79. The zero-order valence-corrected chi connectivity index (χ0v) is 10.1. The molecule has 10 heteroatoms. The van der Waals surface area contributed by atoms with Crippen molar-refractivity contribution in [3.8, 4) is 11.8 Å². The number of hydrogen-bond donors (Lipinski definition) is 0. The molecule has 0 bridgehead atoms. The Morgan fingerprint density at radius 1 is 1.19 bits per heavy atom. The molecule has 0 radical (unpaired) electrons. The van der Waals surface area contributed by atoms with Gasteiger partial charge in [0.05, 0.1) is 24.3 Å². The number of esters is 1. The molecule has 0 aliphatic heterocycles. The molecule has 1 rings (SSSR count). The third-order valence-corrected chi connectivity index (χ3v) is 2.15. The van der Waals surface area contributed by atoms with E-state index < -0.39 is 40.9 Å². The molecule has 4 nitrogen and oxygen atoms in total. The highest BCUT2D eigenvalue weighted by atomic mass is 19.4. The topological polar surface area (TPSA) is 59.3 Å². The highest BCUT2D eigenvalue weighted by Gasteiger charge is 2.42. The summed E-state index contributed by atoms with van der Waals surface area (Å²) < 4.78 is 82.3. The summed E-state index contributed by atoms with van der Waals surface area (Å²) in [6.07, 6.45) is -10.7. The van der Waals surface area contributed by atoms with Crippen LogP contribution >= 0.6 is 0 Å². The van der Waals surface area contributed by atoms with Crippen molar-refractivity contribution in [1.29, 1.82) is 5.26 Å². The van der Waals surface area contributed by atoms with Crippen LogP contribution in [0.4, 0.5) is 26.3 Å². The molecule has 1 aromatic carbocycles. The van der Waals surface area contributed by atoms with Crippen LogP contribution in [0.3, 0.4) is 0 Å². The van der Waals surface area contributed by atoms with Gasteiger partial charge in [-0.15, -0.1) is 13.2 Å². The lowest BCUT2D eigenvalue weighted by atomic mass is 10.0. The highest BCUT2D eigenvalue weighted by molar-refractivity contribution is 5.90. The van der Waals surface area contributed by atoms with Crippen LogP contribution in [0.25, 0.3) is 0 Å². The molecule has 0 fully saturated rings. The maximum absolute atomic E-state index is 12.8. The number of halogens is 6. The van der Waals surface area contributed by atoms with Crippen LogP contribution in [0.2, 0.25) is 0 Å². The first-order chi connectivity index (χ1) is 9.49. The molecule has 0 atom stereocenters. The fourth-order valence-electron chi connectivity index (χ4n) is 1.44. The normalized spacial score (nSPS) is 11.7. The molecular formula is C11H5F6NO3. The van der Waals surface area contributed by atoms with Gasteiger partial charge in [0.1, 0.15) is 11.3 Å². The number of hydrogen-bond acceptors (Lipinski definition) is 4. The summed E-state index contributed by atoms with van der Waals surface area (Å²) in [5.74, 6) is -2.92. The Morgan fingerprint density at radius 3 is 2.14 bits per heavy atom. The molecule has 0 aliphatic carbocycles. The van der Waals surface area contributed by atoms with Crippen molar-refractivity contribution >= 4 is 5.97 Å². The molecule has 1 aromatic rings. The number of benzene rings is 1. The van der Waals surface area contributed by atoms with Crippen LogP contribution in [0.15, 0.2) is 12.1 Å². The van der Waals surface area contributed by atoms with Crippen molar-refractivity contribution in [2.75, 3.05) is 7.11 Å². The van der Waals surface area contributed by atoms with E-state index in [0.717, 1.165) is 13.2 Å². The van der Waals surface area contributed by atoms with Crippen LogP contribution < -0.4 is 4.74 Å². The predicted molar refractivity (Wildman–Crippen MR) is 54.2 cm³/mol. The Kier molecular flexibility index (Phi) is 4.36. The molecule has 0 spiro atoms. The van der Waals surface area contributed by atoms with E-state index in [-0.39, 0.29) is 6.07 Å². The summed E-state index contributed by atoms with van der Waals surface area (Å²) in [4.78, 5) is 11.2. The molecule has 21 heavy (non-hydrogen) atoms. The standard InChI is InChI=1S/C11H5F6NO3/c1-20-9(19)5-2-6(4-18)8(10(12,13)14)7(3-5)21-11(15,16)17/h2-3H,1H3. The molecule has 0 aliphatic rings. The summed E-state index contributed by atoms with van der Waals surface area (Å²) >= 11 is 0. The van der Waals surface area contributed by atoms with E-state index in [1.54, 1.807) is 0 Å². The Bertz CT molecular complexity index is 600. The van der Waals surface area contributed by atoms with Gasteiger partial charge in [-0.05, 0) is 12.1 Å². The third kappa shape index (κ3) is 4.01. The van der Waals surface area contributed by atoms with Crippen molar-refractivity contribution in [2.45, 2.75) is 12.5 Å². The average molecular weight is 313 g/mol. The van der Waals surface area contributed by atoms with Crippen molar-refractivity contribution in [1.82, 2.24) is 0 Å². The van der Waals surface area contributed by atoms with Gasteiger partial charge >= 0.3 is 18.5 Å². The highest BCUT2D eigenvalue weighted by Crippen LogP contribution is 2.41.